The molecule has 0 spiro atoms. The number of amides is 1. The molecule has 0 aliphatic carbocycles. The third-order valence-electron chi connectivity index (χ3n) is 5.97. The van der Waals surface area contributed by atoms with Crippen LogP contribution in [-0.4, -0.2) is 48.0 Å². The lowest BCUT2D eigenvalue weighted by Gasteiger charge is -2.38. The lowest BCUT2D eigenvalue weighted by Crippen LogP contribution is -2.45. The summed E-state index contributed by atoms with van der Waals surface area (Å²) in [5.41, 5.74) is 2.97. The molecule has 1 aromatic heterocycles. The number of hydrogen-bond donors (Lipinski definition) is 1. The molecule has 0 radical (unpaired) electrons. The lowest BCUT2D eigenvalue weighted by atomic mass is 9.96. The molecule has 2 saturated heterocycles. The summed E-state index contributed by atoms with van der Waals surface area (Å²) in [4.78, 5) is 21.6. The molecule has 5 nitrogen and oxygen atoms in total. The van der Waals surface area contributed by atoms with Gasteiger partial charge in [-0.05, 0) is 38.4 Å². The molecule has 1 aromatic carbocycles. The minimum absolute atomic E-state index is 0.0837. The summed E-state index contributed by atoms with van der Waals surface area (Å²) in [7, 11) is 2.27. The zero-order chi connectivity index (χ0) is 18.8. The van der Waals surface area contributed by atoms with Gasteiger partial charge in [0.05, 0.1) is 11.4 Å². The molecule has 2 aliphatic rings. The molecule has 0 saturated carbocycles. The molecule has 3 heterocycles. The predicted octanol–water partition coefficient (Wildman–Crippen LogP) is 3.77. The molecule has 2 aromatic rings. The maximum absolute atomic E-state index is 11.8. The fourth-order valence-electron chi connectivity index (χ4n) is 4.47. The van der Waals surface area contributed by atoms with Crippen LogP contribution in [0.3, 0.4) is 0 Å². The molecule has 1 amide bonds. The predicted molar refractivity (Wildman–Crippen MR) is 110 cm³/mol. The lowest BCUT2D eigenvalue weighted by molar-refractivity contribution is -0.114. The van der Waals surface area contributed by atoms with E-state index in [1.807, 2.05) is 30.3 Å². The Labute approximate surface area is 161 Å². The number of carbonyl (C=O) groups excluding carboxylic acids is 1. The average Bonchev–Trinajstić information content (AvgIpc) is 2.76. The topological polar surface area (TPSA) is 48.5 Å². The first-order chi connectivity index (χ1) is 13.1. The summed E-state index contributed by atoms with van der Waals surface area (Å²) in [6.45, 7) is 3.54. The molecular weight excluding hydrogens is 336 g/mol. The third kappa shape index (κ3) is 3.83. The second-order valence-corrected chi connectivity index (χ2v) is 7.75. The van der Waals surface area contributed by atoms with E-state index < -0.39 is 0 Å². The Hall–Kier alpha value is -2.40. The van der Waals surface area contributed by atoms with Crippen LogP contribution < -0.4 is 10.2 Å². The number of fused-ring (bicyclic) bond motifs is 2. The summed E-state index contributed by atoms with van der Waals surface area (Å²) in [5, 5.41) is 2.97. The van der Waals surface area contributed by atoms with Gasteiger partial charge in [0.2, 0.25) is 5.91 Å². The van der Waals surface area contributed by atoms with Crippen LogP contribution >= 0.6 is 0 Å². The van der Waals surface area contributed by atoms with Gasteiger partial charge in [-0.15, -0.1) is 0 Å². The monoisotopic (exact) mass is 364 g/mol. The van der Waals surface area contributed by atoms with Crippen LogP contribution in [0.2, 0.25) is 0 Å². The summed E-state index contributed by atoms with van der Waals surface area (Å²) in [6.07, 6.45) is 5.02. The molecule has 4 rings (SSSR count). The van der Waals surface area contributed by atoms with E-state index in [1.165, 1.54) is 19.3 Å². The van der Waals surface area contributed by atoms with Crippen molar-refractivity contribution in [2.75, 3.05) is 30.4 Å². The van der Waals surface area contributed by atoms with Crippen LogP contribution in [0.5, 0.6) is 0 Å². The average molecular weight is 364 g/mol. The zero-order valence-electron chi connectivity index (χ0n) is 16.2. The molecule has 2 bridgehead atoms. The molecule has 2 aliphatic heterocycles. The number of anilines is 2. The minimum atomic E-state index is -0.0837. The van der Waals surface area contributed by atoms with E-state index in [9.17, 15) is 4.79 Å². The SMILES string of the molecule is CC(=O)Nc1nc(-c2ccccc2)ccc1N1CCC2CCCC(C1)N2C. The highest BCUT2D eigenvalue weighted by Gasteiger charge is 2.33. The van der Waals surface area contributed by atoms with E-state index in [4.69, 9.17) is 4.98 Å². The first kappa shape index (κ1) is 18.0. The number of hydrogen-bond acceptors (Lipinski definition) is 4. The van der Waals surface area contributed by atoms with Crippen LogP contribution in [0.25, 0.3) is 11.3 Å². The van der Waals surface area contributed by atoms with Gasteiger partial charge in [0.25, 0.3) is 0 Å². The fourth-order valence-corrected chi connectivity index (χ4v) is 4.47. The van der Waals surface area contributed by atoms with E-state index in [0.717, 1.165) is 36.5 Å². The number of likely N-dealkylation sites (N-methyl/N-ethyl adjacent to an activating group) is 1. The van der Waals surface area contributed by atoms with Gasteiger partial charge < -0.3 is 10.2 Å². The molecule has 1 N–H and O–H groups in total. The number of piperidine rings is 1. The van der Waals surface area contributed by atoms with Gasteiger partial charge in [0.1, 0.15) is 0 Å². The van der Waals surface area contributed by atoms with Crippen molar-refractivity contribution in [1.29, 1.82) is 0 Å². The molecular formula is C22H28N4O. The highest BCUT2D eigenvalue weighted by molar-refractivity contribution is 5.92. The second-order valence-electron chi connectivity index (χ2n) is 7.75. The Morgan fingerprint density at radius 3 is 2.63 bits per heavy atom. The summed E-state index contributed by atoms with van der Waals surface area (Å²) < 4.78 is 0. The first-order valence-corrected chi connectivity index (χ1v) is 9.93. The molecule has 5 heteroatoms. The van der Waals surface area contributed by atoms with Crippen LogP contribution in [0.1, 0.15) is 32.6 Å². The fraction of sp³-hybridized carbons (Fsp3) is 0.455. The molecule has 27 heavy (non-hydrogen) atoms. The van der Waals surface area contributed by atoms with E-state index >= 15 is 0 Å². The second kappa shape index (κ2) is 7.69. The largest absolute Gasteiger partial charge is 0.367 e. The number of carbonyl (C=O) groups is 1. The number of pyridine rings is 1. The van der Waals surface area contributed by atoms with Gasteiger partial charge in [-0.1, -0.05) is 36.8 Å². The molecule has 2 fully saturated rings. The van der Waals surface area contributed by atoms with Gasteiger partial charge in [-0.25, -0.2) is 4.98 Å². The van der Waals surface area contributed by atoms with Crippen molar-refractivity contribution < 1.29 is 4.79 Å². The smallest absolute Gasteiger partial charge is 0.222 e. The van der Waals surface area contributed by atoms with Gasteiger partial charge in [0, 0.05) is 37.7 Å². The van der Waals surface area contributed by atoms with Gasteiger partial charge in [0.15, 0.2) is 5.82 Å². The van der Waals surface area contributed by atoms with Gasteiger partial charge in [-0.3, -0.25) is 9.69 Å². The van der Waals surface area contributed by atoms with Gasteiger partial charge in [-0.2, -0.15) is 0 Å². The summed E-state index contributed by atoms with van der Waals surface area (Å²) in [6, 6.07) is 15.5. The van der Waals surface area contributed by atoms with Crippen molar-refractivity contribution in [1.82, 2.24) is 9.88 Å². The zero-order valence-corrected chi connectivity index (χ0v) is 16.2. The Morgan fingerprint density at radius 2 is 1.85 bits per heavy atom. The Kier molecular flexibility index (Phi) is 5.12. The Morgan fingerprint density at radius 1 is 1.07 bits per heavy atom. The Balaban J connectivity index is 1.67. The Bertz CT molecular complexity index is 807. The highest BCUT2D eigenvalue weighted by atomic mass is 16.1. The van der Waals surface area contributed by atoms with Crippen LogP contribution in [-0.2, 0) is 4.79 Å². The summed E-state index contributed by atoms with van der Waals surface area (Å²) >= 11 is 0. The third-order valence-corrected chi connectivity index (χ3v) is 5.97. The molecule has 142 valence electrons. The van der Waals surface area contributed by atoms with E-state index in [2.05, 4.69) is 34.3 Å². The molecule has 2 atom stereocenters. The van der Waals surface area contributed by atoms with Crippen molar-refractivity contribution in [3.8, 4) is 11.3 Å². The quantitative estimate of drug-likeness (QED) is 0.901. The van der Waals surface area contributed by atoms with Crippen LogP contribution in [0, 0.1) is 0 Å². The standard InChI is InChI=1S/C22H28N4O/c1-16(27)23-22-21(12-11-20(24-22)17-7-4-3-5-8-17)26-14-13-18-9-6-10-19(15-26)25(18)2/h3-5,7-8,11-12,18-19H,6,9-10,13-15H2,1-2H3,(H,23,24,27). The van der Waals surface area contributed by atoms with Crippen LogP contribution in [0.4, 0.5) is 11.5 Å². The number of nitrogens with one attached hydrogen (secondary N) is 1. The normalized spacial score (nSPS) is 23.0. The number of benzene rings is 1. The maximum Gasteiger partial charge on any atom is 0.222 e. The summed E-state index contributed by atoms with van der Waals surface area (Å²) in [5.74, 6) is 0.586. The minimum Gasteiger partial charge on any atom is -0.367 e. The van der Waals surface area contributed by atoms with E-state index in [-0.39, 0.29) is 5.91 Å². The van der Waals surface area contributed by atoms with Crippen LogP contribution in [0.15, 0.2) is 42.5 Å². The van der Waals surface area contributed by atoms with Crippen molar-refractivity contribution in [2.24, 2.45) is 0 Å². The van der Waals surface area contributed by atoms with Crippen molar-refractivity contribution >= 4 is 17.4 Å². The maximum atomic E-state index is 11.8. The van der Waals surface area contributed by atoms with E-state index in [0.29, 0.717) is 17.9 Å². The number of aromatic nitrogens is 1. The van der Waals surface area contributed by atoms with Gasteiger partial charge >= 0.3 is 0 Å². The molecule has 2 unspecified atom stereocenters. The highest BCUT2D eigenvalue weighted by Crippen LogP contribution is 2.33. The van der Waals surface area contributed by atoms with Crippen molar-refractivity contribution in [3.63, 3.8) is 0 Å². The van der Waals surface area contributed by atoms with Crippen molar-refractivity contribution in [2.45, 2.75) is 44.7 Å². The number of nitrogens with zero attached hydrogens (tertiary/aromatic N) is 3. The first-order valence-electron chi connectivity index (χ1n) is 9.93. The number of rotatable bonds is 3. The van der Waals surface area contributed by atoms with Crippen molar-refractivity contribution in [3.05, 3.63) is 42.5 Å². The van der Waals surface area contributed by atoms with E-state index in [1.54, 1.807) is 6.92 Å².